The van der Waals surface area contributed by atoms with Crippen molar-refractivity contribution in [1.82, 2.24) is 5.32 Å². The van der Waals surface area contributed by atoms with Crippen LogP contribution in [0.25, 0.3) is 0 Å². The van der Waals surface area contributed by atoms with Crippen LogP contribution >= 0.6 is 12.4 Å². The normalized spacial score (nSPS) is 24.3. The van der Waals surface area contributed by atoms with Crippen LogP contribution in [0.5, 0.6) is 0 Å². The minimum atomic E-state index is 0. The molecule has 1 nitrogen and oxygen atoms in total. The third kappa shape index (κ3) is 3.43. The number of hydrogen-bond donors (Lipinski definition) is 1. The van der Waals surface area contributed by atoms with Crippen LogP contribution in [-0.2, 0) is 0 Å². The minimum Gasteiger partial charge on any atom is -0.316 e. The Bertz CT molecular complexity index is 69.7. The van der Waals surface area contributed by atoms with Crippen molar-refractivity contribution in [3.63, 3.8) is 0 Å². The van der Waals surface area contributed by atoms with Gasteiger partial charge in [0.15, 0.2) is 0 Å². The minimum absolute atomic E-state index is 0. The molecular formula is C8H18ClN. The van der Waals surface area contributed by atoms with E-state index in [2.05, 4.69) is 12.2 Å². The van der Waals surface area contributed by atoms with E-state index < -0.39 is 0 Å². The lowest BCUT2D eigenvalue weighted by atomic mass is 10.0. The topological polar surface area (TPSA) is 12.0 Å². The summed E-state index contributed by atoms with van der Waals surface area (Å²) < 4.78 is 0. The van der Waals surface area contributed by atoms with E-state index in [4.69, 9.17) is 0 Å². The second-order valence-corrected chi connectivity index (χ2v) is 3.00. The van der Waals surface area contributed by atoms with Crippen LogP contribution in [0.4, 0.5) is 0 Å². The number of halogens is 1. The molecule has 1 fully saturated rings. The Kier molecular flexibility index (Phi) is 6.14. The molecular weight excluding hydrogens is 146 g/mol. The Morgan fingerprint density at radius 3 is 2.80 bits per heavy atom. The van der Waals surface area contributed by atoms with Crippen molar-refractivity contribution in [3.8, 4) is 0 Å². The van der Waals surface area contributed by atoms with Gasteiger partial charge >= 0.3 is 0 Å². The maximum Gasteiger partial charge on any atom is -0.00200 e. The molecule has 10 heavy (non-hydrogen) atoms. The molecule has 0 aromatic heterocycles. The molecule has 0 bridgehead atoms. The van der Waals surface area contributed by atoms with E-state index in [1.165, 1.54) is 38.8 Å². The second kappa shape index (κ2) is 5.99. The fraction of sp³-hybridized carbons (Fsp3) is 1.00. The van der Waals surface area contributed by atoms with Crippen molar-refractivity contribution in [3.05, 3.63) is 0 Å². The Balaban J connectivity index is 0.000000810. The van der Waals surface area contributed by atoms with Gasteiger partial charge in [0.2, 0.25) is 0 Å². The first-order valence-electron chi connectivity index (χ1n) is 4.14. The molecule has 0 spiro atoms. The molecule has 1 saturated heterocycles. The summed E-state index contributed by atoms with van der Waals surface area (Å²) in [6.07, 6.45) is 5.65. The molecule has 0 aromatic rings. The molecule has 1 rings (SSSR count). The molecule has 2 heteroatoms. The van der Waals surface area contributed by atoms with Gasteiger partial charge in [0.1, 0.15) is 0 Å². The van der Waals surface area contributed by atoms with Gasteiger partial charge in [-0.25, -0.2) is 0 Å². The maximum atomic E-state index is 3.38. The average Bonchev–Trinajstić information content (AvgIpc) is 2.34. The summed E-state index contributed by atoms with van der Waals surface area (Å²) in [6, 6.07) is 0. The van der Waals surface area contributed by atoms with Crippen LogP contribution < -0.4 is 5.32 Å². The van der Waals surface area contributed by atoms with Crippen molar-refractivity contribution in [2.45, 2.75) is 32.6 Å². The lowest BCUT2D eigenvalue weighted by Gasteiger charge is -2.04. The van der Waals surface area contributed by atoms with Crippen molar-refractivity contribution in [2.75, 3.05) is 13.1 Å². The highest BCUT2D eigenvalue weighted by Crippen LogP contribution is 2.14. The quantitative estimate of drug-likeness (QED) is 0.673. The monoisotopic (exact) mass is 163 g/mol. The Hall–Kier alpha value is 0.250. The largest absolute Gasteiger partial charge is 0.316 e. The third-order valence-electron chi connectivity index (χ3n) is 2.13. The summed E-state index contributed by atoms with van der Waals surface area (Å²) in [5, 5.41) is 3.38. The lowest BCUT2D eigenvalue weighted by molar-refractivity contribution is 0.505. The second-order valence-electron chi connectivity index (χ2n) is 3.00. The number of rotatable bonds is 3. The molecule has 0 aromatic carbocycles. The first-order chi connectivity index (χ1) is 4.43. The van der Waals surface area contributed by atoms with Crippen molar-refractivity contribution < 1.29 is 0 Å². The smallest absolute Gasteiger partial charge is 0.00200 e. The molecule has 1 aliphatic heterocycles. The highest BCUT2D eigenvalue weighted by atomic mass is 35.5. The van der Waals surface area contributed by atoms with E-state index in [0.29, 0.717) is 0 Å². The first kappa shape index (κ1) is 10.2. The summed E-state index contributed by atoms with van der Waals surface area (Å²) in [4.78, 5) is 0. The summed E-state index contributed by atoms with van der Waals surface area (Å²) in [6.45, 7) is 4.80. The van der Waals surface area contributed by atoms with Gasteiger partial charge in [0, 0.05) is 0 Å². The average molecular weight is 164 g/mol. The van der Waals surface area contributed by atoms with Crippen LogP contribution in [0.2, 0.25) is 0 Å². The molecule has 0 aliphatic carbocycles. The molecule has 1 atom stereocenters. The first-order valence-corrected chi connectivity index (χ1v) is 4.14. The molecule has 62 valence electrons. The van der Waals surface area contributed by atoms with Crippen LogP contribution in [-0.4, -0.2) is 13.1 Å². The van der Waals surface area contributed by atoms with Crippen LogP contribution in [0.15, 0.2) is 0 Å². The van der Waals surface area contributed by atoms with Gasteiger partial charge in [-0.1, -0.05) is 19.8 Å². The maximum absolute atomic E-state index is 3.38. The summed E-state index contributed by atoms with van der Waals surface area (Å²) in [5.74, 6) is 1.00. The van der Waals surface area contributed by atoms with Crippen molar-refractivity contribution in [1.29, 1.82) is 0 Å². The Morgan fingerprint density at radius 1 is 1.50 bits per heavy atom. The molecule has 1 aliphatic rings. The van der Waals surface area contributed by atoms with Gasteiger partial charge in [-0.15, -0.1) is 12.4 Å². The summed E-state index contributed by atoms with van der Waals surface area (Å²) in [7, 11) is 0. The van der Waals surface area contributed by atoms with Gasteiger partial charge in [-0.3, -0.25) is 0 Å². The number of nitrogens with one attached hydrogen (secondary N) is 1. The lowest BCUT2D eigenvalue weighted by Crippen LogP contribution is -2.08. The Morgan fingerprint density at radius 2 is 2.30 bits per heavy atom. The van der Waals surface area contributed by atoms with Gasteiger partial charge in [0.25, 0.3) is 0 Å². The van der Waals surface area contributed by atoms with E-state index in [-0.39, 0.29) is 12.4 Å². The predicted molar refractivity (Wildman–Crippen MR) is 47.7 cm³/mol. The molecule has 1 unspecified atom stereocenters. The summed E-state index contributed by atoms with van der Waals surface area (Å²) in [5.41, 5.74) is 0. The fourth-order valence-electron chi connectivity index (χ4n) is 1.45. The standard InChI is InChI=1S/C8H17N.ClH/c1-2-3-4-8-5-6-9-7-8;/h8-9H,2-7H2,1H3;1H. The van der Waals surface area contributed by atoms with Gasteiger partial charge in [-0.05, 0) is 31.8 Å². The fourth-order valence-corrected chi connectivity index (χ4v) is 1.45. The third-order valence-corrected chi connectivity index (χ3v) is 2.13. The highest BCUT2D eigenvalue weighted by molar-refractivity contribution is 5.85. The number of unbranched alkanes of at least 4 members (excludes halogenated alkanes) is 1. The van der Waals surface area contributed by atoms with Crippen molar-refractivity contribution >= 4 is 12.4 Å². The van der Waals surface area contributed by atoms with E-state index >= 15 is 0 Å². The van der Waals surface area contributed by atoms with Gasteiger partial charge in [-0.2, -0.15) is 0 Å². The van der Waals surface area contributed by atoms with Crippen LogP contribution in [0, 0.1) is 5.92 Å². The highest BCUT2D eigenvalue weighted by Gasteiger charge is 2.12. The van der Waals surface area contributed by atoms with Crippen LogP contribution in [0.3, 0.4) is 0 Å². The SMILES string of the molecule is CCCCC1CCNC1.Cl. The zero-order valence-corrected chi connectivity index (χ0v) is 7.54. The van der Waals surface area contributed by atoms with E-state index in [9.17, 15) is 0 Å². The van der Waals surface area contributed by atoms with Gasteiger partial charge in [0.05, 0.1) is 0 Å². The van der Waals surface area contributed by atoms with E-state index in [0.717, 1.165) is 5.92 Å². The van der Waals surface area contributed by atoms with E-state index in [1.54, 1.807) is 0 Å². The molecule has 1 N–H and O–H groups in total. The predicted octanol–water partition coefficient (Wildman–Crippen LogP) is 2.21. The number of hydrogen-bond acceptors (Lipinski definition) is 1. The Labute approximate surface area is 70.0 Å². The zero-order valence-electron chi connectivity index (χ0n) is 6.73. The molecule has 0 amide bonds. The zero-order chi connectivity index (χ0) is 6.53. The summed E-state index contributed by atoms with van der Waals surface area (Å²) >= 11 is 0. The van der Waals surface area contributed by atoms with Crippen LogP contribution in [0.1, 0.15) is 32.6 Å². The molecule has 0 saturated carbocycles. The van der Waals surface area contributed by atoms with Gasteiger partial charge < -0.3 is 5.32 Å². The van der Waals surface area contributed by atoms with Crippen molar-refractivity contribution in [2.24, 2.45) is 5.92 Å². The van der Waals surface area contributed by atoms with E-state index in [1.807, 2.05) is 0 Å². The molecule has 0 radical (unpaired) electrons. The molecule has 1 heterocycles.